The second kappa shape index (κ2) is 5.80. The molecule has 0 aliphatic carbocycles. The van der Waals surface area contributed by atoms with Crippen LogP contribution >= 0.6 is 0 Å². The smallest absolute Gasteiger partial charge is 0.324 e. The highest BCUT2D eigenvalue weighted by Crippen LogP contribution is 2.11. The first-order valence-electron chi connectivity index (χ1n) is 5.37. The van der Waals surface area contributed by atoms with Crippen molar-refractivity contribution in [3.8, 4) is 12.0 Å². The maximum absolute atomic E-state index is 4.95. The number of hydrogen-bond donors (Lipinski definition) is 2. The molecule has 2 aromatic heterocycles. The molecule has 2 rings (SSSR count). The van der Waals surface area contributed by atoms with E-state index in [1.807, 2.05) is 0 Å². The number of aromatic nitrogens is 5. The highest BCUT2D eigenvalue weighted by atomic mass is 16.5. The average molecular weight is 250 g/mol. The van der Waals surface area contributed by atoms with Crippen LogP contribution < -0.4 is 14.8 Å². The fraction of sp³-hybridized carbons (Fsp3) is 0.400. The molecule has 0 fully saturated rings. The van der Waals surface area contributed by atoms with E-state index in [0.29, 0.717) is 12.5 Å². The average Bonchev–Trinajstić information content (AvgIpc) is 2.91. The molecule has 0 bridgehead atoms. The molecule has 0 atom stereocenters. The second-order valence-corrected chi connectivity index (χ2v) is 3.39. The molecule has 0 aromatic carbocycles. The van der Waals surface area contributed by atoms with E-state index in [4.69, 9.17) is 9.47 Å². The Morgan fingerprint density at radius 1 is 1.17 bits per heavy atom. The van der Waals surface area contributed by atoms with Crippen molar-refractivity contribution in [2.24, 2.45) is 0 Å². The summed E-state index contributed by atoms with van der Waals surface area (Å²) in [5.74, 6) is 0.415. The molecule has 0 amide bonds. The molecule has 2 N–H and O–H groups in total. The number of ether oxygens (including phenoxy) is 2. The summed E-state index contributed by atoms with van der Waals surface area (Å²) in [7, 11) is 2.98. The Bertz CT molecular complexity index is 465. The van der Waals surface area contributed by atoms with Gasteiger partial charge < -0.3 is 19.8 Å². The number of methoxy groups -OCH3 is 2. The van der Waals surface area contributed by atoms with Crippen molar-refractivity contribution in [2.75, 3.05) is 26.1 Å². The number of aromatic amines is 1. The largest absolute Gasteiger partial charge is 0.467 e. The quantitative estimate of drug-likeness (QED) is 0.759. The summed E-state index contributed by atoms with van der Waals surface area (Å²) < 4.78 is 9.90. The van der Waals surface area contributed by atoms with Crippen LogP contribution in [0.15, 0.2) is 12.5 Å². The van der Waals surface area contributed by atoms with E-state index in [0.717, 1.165) is 12.1 Å². The Balaban J connectivity index is 1.95. The summed E-state index contributed by atoms with van der Waals surface area (Å²) in [5.41, 5.74) is 1.04. The predicted molar refractivity (Wildman–Crippen MR) is 63.7 cm³/mol. The third-order valence-electron chi connectivity index (χ3n) is 2.19. The lowest BCUT2D eigenvalue weighted by Crippen LogP contribution is -2.10. The third kappa shape index (κ3) is 3.06. The van der Waals surface area contributed by atoms with Gasteiger partial charge in [0.2, 0.25) is 5.95 Å². The summed E-state index contributed by atoms with van der Waals surface area (Å²) in [6.07, 6.45) is 4.21. The van der Waals surface area contributed by atoms with Crippen LogP contribution in [0.25, 0.3) is 0 Å². The first-order valence-corrected chi connectivity index (χ1v) is 5.37. The van der Waals surface area contributed by atoms with Crippen molar-refractivity contribution in [1.29, 1.82) is 0 Å². The van der Waals surface area contributed by atoms with Gasteiger partial charge in [0.15, 0.2) is 0 Å². The van der Waals surface area contributed by atoms with Crippen LogP contribution in [-0.4, -0.2) is 45.7 Å². The molecular formula is C10H14N6O2. The van der Waals surface area contributed by atoms with Crippen LogP contribution in [0, 0.1) is 0 Å². The van der Waals surface area contributed by atoms with Crippen LogP contribution in [0.2, 0.25) is 0 Å². The topological polar surface area (TPSA) is 97.8 Å². The molecule has 0 aliphatic heterocycles. The fourth-order valence-electron chi connectivity index (χ4n) is 1.33. The van der Waals surface area contributed by atoms with E-state index in [1.165, 1.54) is 14.2 Å². The summed E-state index contributed by atoms with van der Waals surface area (Å²) in [6.45, 7) is 0.665. The van der Waals surface area contributed by atoms with Gasteiger partial charge in [-0.25, -0.2) is 4.98 Å². The van der Waals surface area contributed by atoms with E-state index >= 15 is 0 Å². The van der Waals surface area contributed by atoms with Crippen molar-refractivity contribution in [3.05, 3.63) is 18.2 Å². The Morgan fingerprint density at radius 2 is 1.89 bits per heavy atom. The van der Waals surface area contributed by atoms with Gasteiger partial charge in [0, 0.05) is 24.9 Å². The minimum atomic E-state index is 0.214. The number of anilines is 1. The SMILES string of the molecule is COc1nc(NCCc2cnc[nH]2)nc(OC)n1. The number of nitrogens with one attached hydrogen (secondary N) is 2. The van der Waals surface area contributed by atoms with Crippen LogP contribution in [0.1, 0.15) is 5.69 Å². The Labute approximate surface area is 104 Å². The highest BCUT2D eigenvalue weighted by molar-refractivity contribution is 5.27. The second-order valence-electron chi connectivity index (χ2n) is 3.39. The van der Waals surface area contributed by atoms with E-state index in [9.17, 15) is 0 Å². The van der Waals surface area contributed by atoms with Gasteiger partial charge in [-0.2, -0.15) is 9.97 Å². The van der Waals surface area contributed by atoms with Crippen LogP contribution in [-0.2, 0) is 6.42 Å². The lowest BCUT2D eigenvalue weighted by atomic mass is 10.3. The van der Waals surface area contributed by atoms with E-state index < -0.39 is 0 Å². The molecule has 0 radical (unpaired) electrons. The van der Waals surface area contributed by atoms with E-state index in [-0.39, 0.29) is 12.0 Å². The van der Waals surface area contributed by atoms with Crippen molar-refractivity contribution < 1.29 is 9.47 Å². The Morgan fingerprint density at radius 3 is 2.44 bits per heavy atom. The highest BCUT2D eigenvalue weighted by Gasteiger charge is 2.06. The van der Waals surface area contributed by atoms with Crippen molar-refractivity contribution in [1.82, 2.24) is 24.9 Å². The molecule has 2 aromatic rings. The van der Waals surface area contributed by atoms with Crippen molar-refractivity contribution >= 4 is 5.95 Å². The minimum Gasteiger partial charge on any atom is -0.467 e. The number of H-pyrrole nitrogens is 1. The van der Waals surface area contributed by atoms with Gasteiger partial charge >= 0.3 is 12.0 Å². The number of hydrogen-bond acceptors (Lipinski definition) is 7. The van der Waals surface area contributed by atoms with Crippen molar-refractivity contribution in [3.63, 3.8) is 0 Å². The van der Waals surface area contributed by atoms with Crippen LogP contribution in [0.4, 0.5) is 5.95 Å². The Hall–Kier alpha value is -2.38. The lowest BCUT2D eigenvalue weighted by molar-refractivity contribution is 0.341. The summed E-state index contributed by atoms with van der Waals surface area (Å²) in [4.78, 5) is 19.0. The third-order valence-corrected chi connectivity index (χ3v) is 2.19. The molecule has 8 nitrogen and oxygen atoms in total. The lowest BCUT2D eigenvalue weighted by Gasteiger charge is -2.06. The van der Waals surface area contributed by atoms with Gasteiger partial charge in [-0.15, -0.1) is 4.98 Å². The van der Waals surface area contributed by atoms with Gasteiger partial charge in [0.05, 0.1) is 20.5 Å². The Kier molecular flexibility index (Phi) is 3.90. The fourth-order valence-corrected chi connectivity index (χ4v) is 1.33. The van der Waals surface area contributed by atoms with Gasteiger partial charge in [-0.05, 0) is 0 Å². The summed E-state index contributed by atoms with van der Waals surface area (Å²) in [5, 5.41) is 3.06. The number of nitrogens with zero attached hydrogens (tertiary/aromatic N) is 4. The maximum atomic E-state index is 4.95. The number of imidazole rings is 1. The van der Waals surface area contributed by atoms with Gasteiger partial charge in [0.1, 0.15) is 0 Å². The van der Waals surface area contributed by atoms with Crippen molar-refractivity contribution in [2.45, 2.75) is 6.42 Å². The van der Waals surface area contributed by atoms with Gasteiger partial charge in [0.25, 0.3) is 0 Å². The monoisotopic (exact) mass is 250 g/mol. The zero-order valence-corrected chi connectivity index (χ0v) is 10.2. The van der Waals surface area contributed by atoms with E-state index in [2.05, 4.69) is 30.2 Å². The molecule has 0 aliphatic rings. The number of rotatable bonds is 6. The molecular weight excluding hydrogens is 236 g/mol. The predicted octanol–water partition coefficient (Wildman–Crippen LogP) is 0.266. The first-order chi connectivity index (χ1) is 8.81. The summed E-state index contributed by atoms with van der Waals surface area (Å²) in [6, 6.07) is 0.428. The molecule has 0 saturated heterocycles. The summed E-state index contributed by atoms with van der Waals surface area (Å²) >= 11 is 0. The maximum Gasteiger partial charge on any atom is 0.324 e. The zero-order valence-electron chi connectivity index (χ0n) is 10.2. The van der Waals surface area contributed by atoms with Gasteiger partial charge in [-0.3, -0.25) is 0 Å². The molecule has 8 heteroatoms. The minimum absolute atomic E-state index is 0.214. The van der Waals surface area contributed by atoms with Crippen LogP contribution in [0.3, 0.4) is 0 Å². The molecule has 96 valence electrons. The van der Waals surface area contributed by atoms with Gasteiger partial charge in [-0.1, -0.05) is 0 Å². The molecule has 0 saturated carbocycles. The standard InChI is InChI=1S/C10H14N6O2/c1-17-9-14-8(15-10(16-9)18-2)12-4-3-7-5-11-6-13-7/h5-6H,3-4H2,1-2H3,(H,11,13)(H,12,14,15,16). The normalized spacial score (nSPS) is 10.1. The van der Waals surface area contributed by atoms with Crippen LogP contribution in [0.5, 0.6) is 12.0 Å². The first kappa shape index (κ1) is 12.1. The molecule has 0 spiro atoms. The molecule has 18 heavy (non-hydrogen) atoms. The molecule has 2 heterocycles. The molecule has 0 unspecified atom stereocenters. The zero-order chi connectivity index (χ0) is 12.8. The van der Waals surface area contributed by atoms with E-state index in [1.54, 1.807) is 12.5 Å².